The summed E-state index contributed by atoms with van der Waals surface area (Å²) >= 11 is 0. The van der Waals surface area contributed by atoms with Crippen LogP contribution in [0.5, 0.6) is 0 Å². The van der Waals surface area contributed by atoms with Gasteiger partial charge in [0.2, 0.25) is 0 Å². The summed E-state index contributed by atoms with van der Waals surface area (Å²) in [7, 11) is 0. The second-order valence-corrected chi connectivity index (χ2v) is 7.15. The third-order valence-electron chi connectivity index (χ3n) is 6.36. The van der Waals surface area contributed by atoms with Crippen molar-refractivity contribution in [2.45, 2.75) is 90.2 Å². The second-order valence-electron chi connectivity index (χ2n) is 7.15. The van der Waals surface area contributed by atoms with Gasteiger partial charge >= 0.3 is 0 Å². The summed E-state index contributed by atoms with van der Waals surface area (Å²) in [6.45, 7) is 9.27. The zero-order valence-electron chi connectivity index (χ0n) is 13.9. The molecule has 2 nitrogen and oxygen atoms in total. The van der Waals surface area contributed by atoms with Crippen LogP contribution in [0.15, 0.2) is 0 Å². The molecule has 0 radical (unpaired) electrons. The van der Waals surface area contributed by atoms with E-state index in [0.29, 0.717) is 5.92 Å². The first-order valence-electron chi connectivity index (χ1n) is 9.11. The van der Waals surface area contributed by atoms with Crippen LogP contribution < -0.4 is 0 Å². The Morgan fingerprint density at radius 2 is 1.70 bits per heavy atom. The SMILES string of the molecule is CCC1CCCC(C(O)C(CC)(CC)N2CCCC2)C1. The molecule has 20 heavy (non-hydrogen) atoms. The van der Waals surface area contributed by atoms with Gasteiger partial charge in [-0.05, 0) is 63.5 Å². The Hall–Kier alpha value is -0.0800. The lowest BCUT2D eigenvalue weighted by Crippen LogP contribution is -2.58. The highest BCUT2D eigenvalue weighted by Gasteiger charge is 2.45. The lowest BCUT2D eigenvalue weighted by atomic mass is 9.70. The molecule has 2 heteroatoms. The van der Waals surface area contributed by atoms with Gasteiger partial charge < -0.3 is 5.11 Å². The van der Waals surface area contributed by atoms with Crippen LogP contribution in [0, 0.1) is 11.8 Å². The monoisotopic (exact) mass is 281 g/mol. The topological polar surface area (TPSA) is 23.5 Å². The molecule has 2 fully saturated rings. The largest absolute Gasteiger partial charge is 0.391 e. The first-order chi connectivity index (χ1) is 9.67. The van der Waals surface area contributed by atoms with Crippen molar-refractivity contribution in [3.63, 3.8) is 0 Å². The summed E-state index contributed by atoms with van der Waals surface area (Å²) < 4.78 is 0. The summed E-state index contributed by atoms with van der Waals surface area (Å²) in [5, 5.41) is 11.2. The fourth-order valence-electron chi connectivity index (χ4n) is 4.89. The molecule has 3 atom stereocenters. The second kappa shape index (κ2) is 7.26. The minimum Gasteiger partial charge on any atom is -0.391 e. The van der Waals surface area contributed by atoms with Gasteiger partial charge in [-0.1, -0.05) is 40.0 Å². The Bertz CT molecular complexity index is 281. The molecule has 0 amide bonds. The van der Waals surface area contributed by atoms with E-state index >= 15 is 0 Å². The number of aliphatic hydroxyl groups excluding tert-OH is 1. The zero-order chi connectivity index (χ0) is 14.6. The van der Waals surface area contributed by atoms with Crippen LogP contribution in [0.25, 0.3) is 0 Å². The average Bonchev–Trinajstić information content (AvgIpc) is 3.04. The molecule has 1 aliphatic heterocycles. The lowest BCUT2D eigenvalue weighted by Gasteiger charge is -2.48. The summed E-state index contributed by atoms with van der Waals surface area (Å²) in [4.78, 5) is 2.62. The molecule has 2 aliphatic rings. The number of hydrogen-bond donors (Lipinski definition) is 1. The van der Waals surface area contributed by atoms with Crippen molar-refractivity contribution < 1.29 is 5.11 Å². The normalized spacial score (nSPS) is 30.6. The minimum absolute atomic E-state index is 0.0524. The first-order valence-corrected chi connectivity index (χ1v) is 9.11. The van der Waals surface area contributed by atoms with Crippen LogP contribution in [0.4, 0.5) is 0 Å². The molecular formula is C18H35NO. The molecule has 0 aromatic carbocycles. The van der Waals surface area contributed by atoms with Gasteiger partial charge in [-0.3, -0.25) is 4.90 Å². The van der Waals surface area contributed by atoms with Crippen LogP contribution >= 0.6 is 0 Å². The molecule has 0 spiro atoms. The van der Waals surface area contributed by atoms with E-state index < -0.39 is 0 Å². The van der Waals surface area contributed by atoms with Crippen LogP contribution in [-0.4, -0.2) is 34.7 Å². The molecule has 1 heterocycles. The highest BCUT2D eigenvalue weighted by Crippen LogP contribution is 2.41. The minimum atomic E-state index is -0.120. The Morgan fingerprint density at radius 1 is 1.05 bits per heavy atom. The maximum absolute atomic E-state index is 11.2. The molecule has 1 saturated heterocycles. The third kappa shape index (κ3) is 3.06. The predicted octanol–water partition coefficient (Wildman–Crippen LogP) is 4.22. The average molecular weight is 281 g/mol. The van der Waals surface area contributed by atoms with Gasteiger partial charge in [0, 0.05) is 5.54 Å². The lowest BCUT2D eigenvalue weighted by molar-refractivity contribution is -0.0708. The van der Waals surface area contributed by atoms with Crippen molar-refractivity contribution in [1.29, 1.82) is 0 Å². The molecule has 1 aliphatic carbocycles. The van der Waals surface area contributed by atoms with Crippen LogP contribution in [0.3, 0.4) is 0 Å². The van der Waals surface area contributed by atoms with E-state index in [9.17, 15) is 5.11 Å². The summed E-state index contributed by atoms with van der Waals surface area (Å²) in [5.74, 6) is 1.39. The van der Waals surface area contributed by atoms with E-state index in [1.54, 1.807) is 0 Å². The van der Waals surface area contributed by atoms with Gasteiger partial charge in [0.15, 0.2) is 0 Å². The van der Waals surface area contributed by atoms with E-state index in [4.69, 9.17) is 0 Å². The molecule has 1 N–H and O–H groups in total. The van der Waals surface area contributed by atoms with Crippen molar-refractivity contribution in [2.24, 2.45) is 11.8 Å². The number of rotatable bonds is 6. The van der Waals surface area contributed by atoms with Crippen molar-refractivity contribution >= 4 is 0 Å². The van der Waals surface area contributed by atoms with E-state index in [1.165, 1.54) is 58.0 Å². The standard InChI is InChI=1S/C18H35NO/c1-4-15-10-9-11-16(14-15)17(20)18(5-2,6-3)19-12-7-8-13-19/h15-17,20H,4-14H2,1-3H3. The van der Waals surface area contributed by atoms with Gasteiger partial charge in [0.25, 0.3) is 0 Å². The van der Waals surface area contributed by atoms with Crippen molar-refractivity contribution in [2.75, 3.05) is 13.1 Å². The Balaban J connectivity index is 2.11. The van der Waals surface area contributed by atoms with Crippen LogP contribution in [0.2, 0.25) is 0 Å². The van der Waals surface area contributed by atoms with Crippen LogP contribution in [-0.2, 0) is 0 Å². The van der Waals surface area contributed by atoms with E-state index in [1.807, 2.05) is 0 Å². The van der Waals surface area contributed by atoms with Gasteiger partial charge in [-0.2, -0.15) is 0 Å². The number of nitrogens with zero attached hydrogens (tertiary/aromatic N) is 1. The highest BCUT2D eigenvalue weighted by molar-refractivity contribution is 5.00. The fraction of sp³-hybridized carbons (Fsp3) is 1.00. The summed E-state index contributed by atoms with van der Waals surface area (Å²) in [6, 6.07) is 0. The molecule has 0 aromatic heterocycles. The van der Waals surface area contributed by atoms with Gasteiger partial charge in [0.1, 0.15) is 0 Å². The molecule has 0 bridgehead atoms. The van der Waals surface area contributed by atoms with Crippen molar-refractivity contribution in [3.05, 3.63) is 0 Å². The quantitative estimate of drug-likeness (QED) is 0.788. The zero-order valence-corrected chi connectivity index (χ0v) is 13.9. The number of hydrogen-bond acceptors (Lipinski definition) is 2. The first kappa shape index (κ1) is 16.3. The summed E-state index contributed by atoms with van der Waals surface area (Å²) in [5.41, 5.74) is 0.0524. The molecular weight excluding hydrogens is 246 g/mol. The predicted molar refractivity (Wildman–Crippen MR) is 85.9 cm³/mol. The van der Waals surface area contributed by atoms with E-state index in [-0.39, 0.29) is 11.6 Å². The van der Waals surface area contributed by atoms with E-state index in [0.717, 1.165) is 18.8 Å². The third-order valence-corrected chi connectivity index (χ3v) is 6.36. The maximum Gasteiger partial charge on any atom is 0.0751 e. The molecule has 1 saturated carbocycles. The Labute approximate surface area is 125 Å². The molecule has 3 unspecified atom stereocenters. The maximum atomic E-state index is 11.2. The molecule has 0 aromatic rings. The van der Waals surface area contributed by atoms with E-state index in [2.05, 4.69) is 25.7 Å². The number of aliphatic hydroxyl groups is 1. The number of likely N-dealkylation sites (tertiary alicyclic amines) is 1. The Morgan fingerprint density at radius 3 is 2.25 bits per heavy atom. The smallest absolute Gasteiger partial charge is 0.0751 e. The highest BCUT2D eigenvalue weighted by atomic mass is 16.3. The van der Waals surface area contributed by atoms with Gasteiger partial charge in [-0.25, -0.2) is 0 Å². The van der Waals surface area contributed by atoms with Crippen molar-refractivity contribution in [1.82, 2.24) is 4.90 Å². The van der Waals surface area contributed by atoms with Crippen molar-refractivity contribution in [3.8, 4) is 0 Å². The van der Waals surface area contributed by atoms with Crippen LogP contribution in [0.1, 0.15) is 78.6 Å². The van der Waals surface area contributed by atoms with Gasteiger partial charge in [0.05, 0.1) is 6.10 Å². The van der Waals surface area contributed by atoms with Gasteiger partial charge in [-0.15, -0.1) is 0 Å². The molecule has 2 rings (SSSR count). The fourth-order valence-corrected chi connectivity index (χ4v) is 4.89. The summed E-state index contributed by atoms with van der Waals surface area (Å²) in [6.07, 6.45) is 11.2. The molecule has 118 valence electrons. The Kier molecular flexibility index (Phi) is 5.92.